The molecule has 20 heavy (non-hydrogen) atoms. The SMILES string of the molecule is C[C@H]1CO[C@@H](CO)CN1C(=O)Cc1cccc(Cl)c1Cl. The van der Waals surface area contributed by atoms with Crippen LogP contribution in [-0.4, -0.2) is 47.8 Å². The smallest absolute Gasteiger partial charge is 0.227 e. The summed E-state index contributed by atoms with van der Waals surface area (Å²) in [5.41, 5.74) is 0.711. The van der Waals surface area contributed by atoms with E-state index in [0.717, 1.165) is 0 Å². The summed E-state index contributed by atoms with van der Waals surface area (Å²) in [4.78, 5) is 14.1. The summed E-state index contributed by atoms with van der Waals surface area (Å²) in [6.45, 7) is 2.66. The van der Waals surface area contributed by atoms with Crippen molar-refractivity contribution >= 4 is 29.1 Å². The molecule has 1 amide bonds. The number of hydrogen-bond donors (Lipinski definition) is 1. The maximum Gasteiger partial charge on any atom is 0.227 e. The minimum atomic E-state index is -0.315. The molecule has 0 aromatic heterocycles. The van der Waals surface area contributed by atoms with Gasteiger partial charge in [0.05, 0.1) is 41.8 Å². The first-order valence-corrected chi connectivity index (χ1v) is 7.23. The Labute approximate surface area is 128 Å². The molecule has 1 N–H and O–H groups in total. The van der Waals surface area contributed by atoms with E-state index in [1.807, 2.05) is 6.92 Å². The maximum absolute atomic E-state index is 12.4. The highest BCUT2D eigenvalue weighted by Crippen LogP contribution is 2.26. The van der Waals surface area contributed by atoms with Gasteiger partial charge in [-0.2, -0.15) is 0 Å². The van der Waals surface area contributed by atoms with Crippen molar-refractivity contribution in [2.45, 2.75) is 25.5 Å². The van der Waals surface area contributed by atoms with E-state index < -0.39 is 0 Å². The summed E-state index contributed by atoms with van der Waals surface area (Å²) >= 11 is 12.0. The van der Waals surface area contributed by atoms with Gasteiger partial charge < -0.3 is 14.7 Å². The van der Waals surface area contributed by atoms with E-state index in [9.17, 15) is 4.79 Å². The number of carbonyl (C=O) groups is 1. The van der Waals surface area contributed by atoms with Crippen molar-refractivity contribution in [3.05, 3.63) is 33.8 Å². The summed E-state index contributed by atoms with van der Waals surface area (Å²) in [5, 5.41) is 10.0. The number of aliphatic hydroxyl groups excluding tert-OH is 1. The molecule has 0 unspecified atom stereocenters. The van der Waals surface area contributed by atoms with E-state index in [1.165, 1.54) is 0 Å². The number of aliphatic hydroxyl groups is 1. The third-order valence-corrected chi connectivity index (χ3v) is 4.26. The molecule has 110 valence electrons. The van der Waals surface area contributed by atoms with Crippen molar-refractivity contribution in [3.63, 3.8) is 0 Å². The van der Waals surface area contributed by atoms with E-state index in [-0.39, 0.29) is 31.1 Å². The average Bonchev–Trinajstić information content (AvgIpc) is 2.44. The van der Waals surface area contributed by atoms with Gasteiger partial charge in [-0.1, -0.05) is 35.3 Å². The molecule has 6 heteroatoms. The lowest BCUT2D eigenvalue weighted by atomic mass is 10.1. The van der Waals surface area contributed by atoms with Crippen molar-refractivity contribution < 1.29 is 14.6 Å². The molecule has 0 radical (unpaired) electrons. The summed E-state index contributed by atoms with van der Waals surface area (Å²) in [5.74, 6) is -0.0385. The Bertz CT molecular complexity index is 495. The van der Waals surface area contributed by atoms with Crippen LogP contribution < -0.4 is 0 Å². The molecule has 1 aliphatic rings. The summed E-state index contributed by atoms with van der Waals surface area (Å²) in [6.07, 6.45) is -0.119. The van der Waals surface area contributed by atoms with Crippen LogP contribution in [0.25, 0.3) is 0 Å². The van der Waals surface area contributed by atoms with E-state index in [4.69, 9.17) is 33.0 Å². The third-order valence-electron chi connectivity index (χ3n) is 3.40. The predicted octanol–water partition coefficient (Wildman–Crippen LogP) is 2.14. The molecular weight excluding hydrogens is 301 g/mol. The van der Waals surface area contributed by atoms with Crippen LogP contribution in [0.3, 0.4) is 0 Å². The molecule has 2 atom stereocenters. The number of halogens is 2. The van der Waals surface area contributed by atoms with Crippen LogP contribution >= 0.6 is 23.2 Å². The molecule has 1 heterocycles. The third kappa shape index (κ3) is 3.44. The van der Waals surface area contributed by atoms with E-state index in [1.54, 1.807) is 23.1 Å². The highest BCUT2D eigenvalue weighted by molar-refractivity contribution is 6.42. The average molecular weight is 318 g/mol. The van der Waals surface area contributed by atoms with Gasteiger partial charge in [0.15, 0.2) is 0 Å². The van der Waals surface area contributed by atoms with Gasteiger partial charge in [-0.25, -0.2) is 0 Å². The Morgan fingerprint density at radius 2 is 2.25 bits per heavy atom. The first-order chi connectivity index (χ1) is 9.52. The van der Waals surface area contributed by atoms with Crippen LogP contribution in [0.4, 0.5) is 0 Å². The van der Waals surface area contributed by atoms with Crippen LogP contribution in [0.1, 0.15) is 12.5 Å². The highest BCUT2D eigenvalue weighted by atomic mass is 35.5. The zero-order chi connectivity index (χ0) is 14.7. The van der Waals surface area contributed by atoms with Crippen molar-refractivity contribution in [2.24, 2.45) is 0 Å². The van der Waals surface area contributed by atoms with Gasteiger partial charge in [-0.3, -0.25) is 4.79 Å². The maximum atomic E-state index is 12.4. The molecule has 4 nitrogen and oxygen atoms in total. The second-order valence-corrected chi connectivity index (χ2v) is 5.71. The number of amides is 1. The fourth-order valence-corrected chi connectivity index (χ4v) is 2.61. The Morgan fingerprint density at radius 3 is 2.95 bits per heavy atom. The molecule has 1 saturated heterocycles. The lowest BCUT2D eigenvalue weighted by Crippen LogP contribution is -2.52. The van der Waals surface area contributed by atoms with Crippen LogP contribution in [0, 0.1) is 0 Å². The second-order valence-electron chi connectivity index (χ2n) is 4.92. The number of ether oxygens (including phenoxy) is 1. The van der Waals surface area contributed by atoms with Gasteiger partial charge in [0.25, 0.3) is 0 Å². The zero-order valence-corrected chi connectivity index (χ0v) is 12.7. The topological polar surface area (TPSA) is 49.8 Å². The Kier molecular flexibility index (Phi) is 5.27. The van der Waals surface area contributed by atoms with Crippen molar-refractivity contribution in [2.75, 3.05) is 19.8 Å². The first-order valence-electron chi connectivity index (χ1n) is 6.47. The van der Waals surface area contributed by atoms with Crippen molar-refractivity contribution in [1.82, 2.24) is 4.90 Å². The van der Waals surface area contributed by atoms with Crippen molar-refractivity contribution in [3.8, 4) is 0 Å². The molecule has 0 spiro atoms. The number of nitrogens with zero attached hydrogens (tertiary/aromatic N) is 1. The molecule has 0 aliphatic carbocycles. The van der Waals surface area contributed by atoms with Crippen LogP contribution in [-0.2, 0) is 16.0 Å². The molecule has 0 saturated carbocycles. The van der Waals surface area contributed by atoms with Gasteiger partial charge in [-0.15, -0.1) is 0 Å². The van der Waals surface area contributed by atoms with Crippen molar-refractivity contribution in [1.29, 1.82) is 0 Å². The Morgan fingerprint density at radius 1 is 1.50 bits per heavy atom. The van der Waals surface area contributed by atoms with Gasteiger partial charge in [-0.05, 0) is 18.6 Å². The fourth-order valence-electron chi connectivity index (χ4n) is 2.22. The van der Waals surface area contributed by atoms with Crippen LogP contribution in [0.2, 0.25) is 10.0 Å². The van der Waals surface area contributed by atoms with Gasteiger partial charge in [0, 0.05) is 6.54 Å². The second kappa shape index (κ2) is 6.76. The summed E-state index contributed by atoms with van der Waals surface area (Å²) in [7, 11) is 0. The molecule has 1 aromatic rings. The largest absolute Gasteiger partial charge is 0.394 e. The number of morpholine rings is 1. The minimum Gasteiger partial charge on any atom is -0.394 e. The quantitative estimate of drug-likeness (QED) is 0.929. The molecule has 2 rings (SSSR count). The van der Waals surface area contributed by atoms with Crippen LogP contribution in [0.15, 0.2) is 18.2 Å². The Balaban J connectivity index is 2.09. The molecular formula is C14H17Cl2NO3. The molecule has 1 aliphatic heterocycles. The standard InChI is InChI=1S/C14H17Cl2NO3/c1-9-8-20-11(7-18)6-17(9)13(19)5-10-3-2-4-12(15)14(10)16/h2-4,9,11,18H,5-8H2,1H3/t9-,11+/m0/s1. The number of carbonyl (C=O) groups excluding carboxylic acids is 1. The summed E-state index contributed by atoms with van der Waals surface area (Å²) in [6, 6.07) is 5.25. The lowest BCUT2D eigenvalue weighted by Gasteiger charge is -2.37. The van der Waals surface area contributed by atoms with Gasteiger partial charge >= 0.3 is 0 Å². The van der Waals surface area contributed by atoms with E-state index in [2.05, 4.69) is 0 Å². The van der Waals surface area contributed by atoms with Gasteiger partial charge in [0.1, 0.15) is 0 Å². The number of rotatable bonds is 3. The highest BCUT2D eigenvalue weighted by Gasteiger charge is 2.29. The zero-order valence-electron chi connectivity index (χ0n) is 11.2. The molecule has 1 aromatic carbocycles. The Hall–Kier alpha value is -0.810. The predicted molar refractivity (Wildman–Crippen MR) is 78.2 cm³/mol. The number of hydrogen-bond acceptors (Lipinski definition) is 3. The minimum absolute atomic E-state index is 0.0109. The fraction of sp³-hybridized carbons (Fsp3) is 0.500. The summed E-state index contributed by atoms with van der Waals surface area (Å²) < 4.78 is 5.42. The monoisotopic (exact) mass is 317 g/mol. The van der Waals surface area contributed by atoms with E-state index >= 15 is 0 Å². The van der Waals surface area contributed by atoms with E-state index in [0.29, 0.717) is 28.8 Å². The van der Waals surface area contributed by atoms with Gasteiger partial charge in [0.2, 0.25) is 5.91 Å². The lowest BCUT2D eigenvalue weighted by molar-refractivity contribution is -0.145. The first kappa shape index (κ1) is 15.6. The number of benzene rings is 1. The molecule has 0 bridgehead atoms. The normalized spacial score (nSPS) is 22.9. The molecule has 1 fully saturated rings. The van der Waals surface area contributed by atoms with Crippen LogP contribution in [0.5, 0.6) is 0 Å².